The topological polar surface area (TPSA) is 32.3 Å². The van der Waals surface area contributed by atoms with E-state index in [1.807, 2.05) is 0 Å². The van der Waals surface area contributed by atoms with Crippen LogP contribution >= 0.6 is 0 Å². The van der Waals surface area contributed by atoms with E-state index in [0.717, 1.165) is 38.9 Å². The largest absolute Gasteiger partial charge is 0.351 e. The smallest absolute Gasteiger partial charge is 0.223 e. The van der Waals surface area contributed by atoms with E-state index in [1.165, 1.54) is 11.1 Å². The minimum absolute atomic E-state index is 0.144. The summed E-state index contributed by atoms with van der Waals surface area (Å²) in [4.78, 5) is 15.1. The molecule has 1 heterocycles. The van der Waals surface area contributed by atoms with Gasteiger partial charge in [0.15, 0.2) is 0 Å². The number of carbonyl (C=O) groups is 1. The highest BCUT2D eigenvalue weighted by atomic mass is 16.2. The number of piperidine rings is 1. The van der Waals surface area contributed by atoms with Crippen LogP contribution in [0.25, 0.3) is 0 Å². The lowest BCUT2D eigenvalue weighted by Gasteiger charge is -2.36. The highest BCUT2D eigenvalue weighted by Gasteiger charge is 2.31. The SMILES string of the molecule is Cc1ccc(CN2CCC(C(=O)NC(C)(C)CC(C)(C)C)CC2)cc1. The van der Waals surface area contributed by atoms with E-state index in [1.54, 1.807) is 0 Å². The summed E-state index contributed by atoms with van der Waals surface area (Å²) in [5.74, 6) is 0.401. The summed E-state index contributed by atoms with van der Waals surface area (Å²) in [6.07, 6.45) is 2.91. The average molecular weight is 345 g/mol. The van der Waals surface area contributed by atoms with Crippen molar-refractivity contribution in [2.45, 2.75) is 72.9 Å². The highest BCUT2D eigenvalue weighted by Crippen LogP contribution is 2.28. The Morgan fingerprint density at radius 1 is 1.08 bits per heavy atom. The number of hydrogen-bond donors (Lipinski definition) is 1. The predicted molar refractivity (Wildman–Crippen MR) is 105 cm³/mol. The van der Waals surface area contributed by atoms with E-state index in [4.69, 9.17) is 0 Å². The van der Waals surface area contributed by atoms with Crippen LogP contribution < -0.4 is 5.32 Å². The molecule has 1 fully saturated rings. The molecule has 1 saturated heterocycles. The number of rotatable bonds is 5. The third-order valence-electron chi connectivity index (χ3n) is 4.92. The number of hydrogen-bond acceptors (Lipinski definition) is 2. The van der Waals surface area contributed by atoms with Crippen LogP contribution in [-0.4, -0.2) is 29.4 Å². The van der Waals surface area contributed by atoms with Gasteiger partial charge < -0.3 is 5.32 Å². The van der Waals surface area contributed by atoms with Gasteiger partial charge in [-0.15, -0.1) is 0 Å². The average Bonchev–Trinajstić information content (AvgIpc) is 2.47. The third-order valence-corrected chi connectivity index (χ3v) is 4.92. The predicted octanol–water partition coefficient (Wildman–Crippen LogP) is 4.54. The van der Waals surface area contributed by atoms with E-state index in [2.05, 4.69) is 76.0 Å². The van der Waals surface area contributed by atoms with Crippen molar-refractivity contribution in [2.75, 3.05) is 13.1 Å². The molecule has 1 aliphatic heterocycles. The fourth-order valence-corrected chi connectivity index (χ4v) is 4.11. The van der Waals surface area contributed by atoms with Crippen LogP contribution in [0.1, 0.15) is 65.0 Å². The minimum Gasteiger partial charge on any atom is -0.351 e. The fourth-order valence-electron chi connectivity index (χ4n) is 4.11. The van der Waals surface area contributed by atoms with Gasteiger partial charge in [-0.05, 0) is 64.1 Å². The standard InChI is InChI=1S/C22H36N2O/c1-17-7-9-18(10-8-17)15-24-13-11-19(12-14-24)20(25)23-22(5,6)16-21(2,3)4/h7-10,19H,11-16H2,1-6H3,(H,23,25). The highest BCUT2D eigenvalue weighted by molar-refractivity contribution is 5.79. The van der Waals surface area contributed by atoms with Crippen LogP contribution in [0, 0.1) is 18.3 Å². The van der Waals surface area contributed by atoms with E-state index in [-0.39, 0.29) is 22.8 Å². The molecular weight excluding hydrogens is 308 g/mol. The fraction of sp³-hybridized carbons (Fsp3) is 0.682. The Hall–Kier alpha value is -1.35. The zero-order valence-corrected chi connectivity index (χ0v) is 17.0. The maximum atomic E-state index is 12.7. The Balaban J connectivity index is 1.81. The third kappa shape index (κ3) is 6.81. The molecule has 0 aromatic heterocycles. The Morgan fingerprint density at radius 2 is 1.64 bits per heavy atom. The minimum atomic E-state index is -0.144. The van der Waals surface area contributed by atoms with Crippen molar-refractivity contribution >= 4 is 5.91 Å². The first kappa shape index (κ1) is 20.0. The first-order valence-corrected chi connectivity index (χ1v) is 9.64. The van der Waals surface area contributed by atoms with Crippen molar-refractivity contribution in [2.24, 2.45) is 11.3 Å². The maximum absolute atomic E-state index is 12.7. The second-order valence-electron chi connectivity index (χ2n) is 9.65. The van der Waals surface area contributed by atoms with Gasteiger partial charge in [0.2, 0.25) is 5.91 Å². The summed E-state index contributed by atoms with van der Waals surface area (Å²) in [5.41, 5.74) is 2.74. The zero-order chi connectivity index (χ0) is 18.7. The lowest BCUT2D eigenvalue weighted by atomic mass is 9.81. The first-order chi connectivity index (χ1) is 11.5. The Morgan fingerprint density at radius 3 is 2.16 bits per heavy atom. The van der Waals surface area contributed by atoms with Crippen LogP contribution in [-0.2, 0) is 11.3 Å². The number of amides is 1. The Bertz CT molecular complexity index is 561. The first-order valence-electron chi connectivity index (χ1n) is 9.64. The summed E-state index contributed by atoms with van der Waals surface area (Å²) in [6.45, 7) is 16.1. The van der Waals surface area contributed by atoms with Gasteiger partial charge in [0.1, 0.15) is 0 Å². The molecule has 0 bridgehead atoms. The molecule has 0 spiro atoms. The molecule has 25 heavy (non-hydrogen) atoms. The molecule has 1 aliphatic rings. The van der Waals surface area contributed by atoms with Gasteiger partial charge in [0.05, 0.1) is 0 Å². The molecule has 3 heteroatoms. The molecule has 2 rings (SSSR count). The van der Waals surface area contributed by atoms with Gasteiger partial charge in [0, 0.05) is 18.0 Å². The van der Waals surface area contributed by atoms with Gasteiger partial charge >= 0.3 is 0 Å². The van der Waals surface area contributed by atoms with Gasteiger partial charge in [-0.3, -0.25) is 9.69 Å². The number of likely N-dealkylation sites (tertiary alicyclic amines) is 1. The molecule has 0 atom stereocenters. The van der Waals surface area contributed by atoms with Crippen LogP contribution in [0.5, 0.6) is 0 Å². The summed E-state index contributed by atoms with van der Waals surface area (Å²) in [6, 6.07) is 8.77. The van der Waals surface area contributed by atoms with Gasteiger partial charge in [-0.25, -0.2) is 0 Å². The number of aryl methyl sites for hydroxylation is 1. The summed E-state index contributed by atoms with van der Waals surface area (Å²) >= 11 is 0. The van der Waals surface area contributed by atoms with Crippen molar-refractivity contribution in [1.82, 2.24) is 10.2 Å². The van der Waals surface area contributed by atoms with Crippen molar-refractivity contribution < 1.29 is 4.79 Å². The molecule has 3 nitrogen and oxygen atoms in total. The maximum Gasteiger partial charge on any atom is 0.223 e. The van der Waals surface area contributed by atoms with Crippen molar-refractivity contribution in [1.29, 1.82) is 0 Å². The van der Waals surface area contributed by atoms with Crippen molar-refractivity contribution in [3.63, 3.8) is 0 Å². The molecule has 0 unspecified atom stereocenters. The van der Waals surface area contributed by atoms with Crippen LogP contribution in [0.2, 0.25) is 0 Å². The number of carbonyl (C=O) groups excluding carboxylic acids is 1. The second kappa shape index (κ2) is 7.90. The monoisotopic (exact) mass is 344 g/mol. The Kier molecular flexibility index (Phi) is 6.31. The normalized spacial score (nSPS) is 17.5. The van der Waals surface area contributed by atoms with Crippen molar-refractivity contribution in [3.05, 3.63) is 35.4 Å². The van der Waals surface area contributed by atoms with Gasteiger partial charge in [-0.1, -0.05) is 50.6 Å². The molecule has 0 saturated carbocycles. The number of nitrogens with zero attached hydrogens (tertiary/aromatic N) is 1. The van der Waals surface area contributed by atoms with E-state index >= 15 is 0 Å². The molecule has 140 valence electrons. The zero-order valence-electron chi connectivity index (χ0n) is 17.0. The molecule has 1 amide bonds. The van der Waals surface area contributed by atoms with Gasteiger partial charge in [-0.2, -0.15) is 0 Å². The van der Waals surface area contributed by atoms with E-state index < -0.39 is 0 Å². The molecule has 1 N–H and O–H groups in total. The molecule has 1 aromatic carbocycles. The molecule has 0 aliphatic carbocycles. The summed E-state index contributed by atoms with van der Waals surface area (Å²) in [5, 5.41) is 3.30. The second-order valence-corrected chi connectivity index (χ2v) is 9.65. The Labute approximate surface area is 154 Å². The van der Waals surface area contributed by atoms with E-state index in [9.17, 15) is 4.79 Å². The number of nitrogens with one attached hydrogen (secondary N) is 1. The van der Waals surface area contributed by atoms with Gasteiger partial charge in [0.25, 0.3) is 0 Å². The van der Waals surface area contributed by atoms with E-state index in [0.29, 0.717) is 0 Å². The van der Waals surface area contributed by atoms with Crippen LogP contribution in [0.4, 0.5) is 0 Å². The molecule has 0 radical (unpaired) electrons. The number of benzene rings is 1. The van der Waals surface area contributed by atoms with Crippen molar-refractivity contribution in [3.8, 4) is 0 Å². The molecule has 1 aromatic rings. The van der Waals surface area contributed by atoms with Crippen LogP contribution in [0.15, 0.2) is 24.3 Å². The van der Waals surface area contributed by atoms with Crippen LogP contribution in [0.3, 0.4) is 0 Å². The lowest BCUT2D eigenvalue weighted by molar-refractivity contribution is -0.128. The lowest BCUT2D eigenvalue weighted by Crippen LogP contribution is -2.49. The summed E-state index contributed by atoms with van der Waals surface area (Å²) in [7, 11) is 0. The molecular formula is C22H36N2O. The summed E-state index contributed by atoms with van der Waals surface area (Å²) < 4.78 is 0. The quantitative estimate of drug-likeness (QED) is 0.850.